The van der Waals surface area contributed by atoms with Crippen molar-refractivity contribution in [2.75, 3.05) is 0 Å². The molecular weight excluding hydrogens is 430 g/mol. The predicted molar refractivity (Wildman–Crippen MR) is 116 cm³/mol. The zero-order valence-corrected chi connectivity index (χ0v) is 18.2. The zero-order chi connectivity index (χ0) is 23.1. The minimum atomic E-state index is -4.53. The van der Waals surface area contributed by atoms with E-state index in [1.54, 1.807) is 61.5 Å². The minimum Gasteiger partial charge on any atom is -0.452 e. The van der Waals surface area contributed by atoms with Gasteiger partial charge >= 0.3 is 5.97 Å². The van der Waals surface area contributed by atoms with E-state index in [1.165, 1.54) is 24.3 Å². The van der Waals surface area contributed by atoms with Crippen LogP contribution in [0.25, 0.3) is 0 Å². The average Bonchev–Trinajstić information content (AvgIpc) is 3.01. The first-order chi connectivity index (χ1) is 15.2. The molecule has 0 saturated heterocycles. The van der Waals surface area contributed by atoms with Gasteiger partial charge in [0.2, 0.25) is 5.72 Å². The lowest BCUT2D eigenvalue weighted by atomic mass is 9.92. The molecule has 0 spiro atoms. The summed E-state index contributed by atoms with van der Waals surface area (Å²) in [5, 5.41) is 12.0. The second kappa shape index (κ2) is 7.89. The topological polar surface area (TPSA) is 101 Å². The van der Waals surface area contributed by atoms with Crippen molar-refractivity contribution in [3.05, 3.63) is 101 Å². The van der Waals surface area contributed by atoms with Crippen LogP contribution in [0, 0.1) is 6.92 Å². The summed E-state index contributed by atoms with van der Waals surface area (Å²) in [6.07, 6.45) is -1.49. The molecule has 164 valence electrons. The number of sulfonamides is 1. The predicted octanol–water partition coefficient (Wildman–Crippen LogP) is 3.29. The summed E-state index contributed by atoms with van der Waals surface area (Å²) >= 11 is 0. The van der Waals surface area contributed by atoms with Gasteiger partial charge in [0.15, 0.2) is 6.10 Å². The lowest BCUT2D eigenvalue weighted by Gasteiger charge is -2.38. The molecule has 0 aromatic heterocycles. The number of ether oxygens (including phenoxy) is 1. The third-order valence-electron chi connectivity index (χ3n) is 5.36. The molecule has 0 bridgehead atoms. The van der Waals surface area contributed by atoms with Gasteiger partial charge in [0.1, 0.15) is 0 Å². The van der Waals surface area contributed by atoms with Gasteiger partial charge in [-0.1, -0.05) is 66.2 Å². The third kappa shape index (κ3) is 3.37. The molecule has 2 unspecified atom stereocenters. The van der Waals surface area contributed by atoms with Crippen molar-refractivity contribution in [2.24, 2.45) is 0 Å². The Morgan fingerprint density at radius 2 is 1.56 bits per heavy atom. The van der Waals surface area contributed by atoms with Crippen molar-refractivity contribution in [3.8, 4) is 0 Å². The molecule has 1 heterocycles. The van der Waals surface area contributed by atoms with Crippen LogP contribution in [0.4, 0.5) is 0 Å². The number of carbonyl (C=O) groups excluding carboxylic acids is 2. The first-order valence-electron chi connectivity index (χ1n) is 9.88. The fourth-order valence-corrected chi connectivity index (χ4v) is 5.46. The van der Waals surface area contributed by atoms with Gasteiger partial charge in [-0.25, -0.2) is 8.42 Å². The number of benzene rings is 3. The van der Waals surface area contributed by atoms with E-state index in [9.17, 15) is 23.1 Å². The van der Waals surface area contributed by atoms with Crippen LogP contribution in [-0.2, 0) is 25.3 Å². The Kier molecular flexibility index (Phi) is 5.36. The molecule has 7 nitrogen and oxygen atoms in total. The van der Waals surface area contributed by atoms with Crippen LogP contribution in [-0.4, -0.2) is 29.7 Å². The molecule has 0 radical (unpaired) electrons. The Morgan fingerprint density at radius 3 is 2.19 bits per heavy atom. The normalized spacial score (nSPS) is 18.8. The second-order valence-electron chi connectivity index (χ2n) is 7.56. The van der Waals surface area contributed by atoms with Gasteiger partial charge in [0, 0.05) is 18.1 Å². The Hall–Kier alpha value is -3.49. The van der Waals surface area contributed by atoms with Crippen molar-refractivity contribution >= 4 is 21.9 Å². The Bertz CT molecular complexity index is 1290. The maximum absolute atomic E-state index is 13.7. The van der Waals surface area contributed by atoms with Gasteiger partial charge in [0.05, 0.1) is 4.90 Å². The number of aliphatic hydroxyl groups is 1. The van der Waals surface area contributed by atoms with Crippen molar-refractivity contribution in [2.45, 2.75) is 30.6 Å². The maximum Gasteiger partial charge on any atom is 0.303 e. The number of hydrogen-bond donors (Lipinski definition) is 1. The summed E-state index contributed by atoms with van der Waals surface area (Å²) in [7, 11) is -4.53. The van der Waals surface area contributed by atoms with E-state index in [2.05, 4.69) is 0 Å². The molecule has 1 aliphatic rings. The number of nitrogens with zero attached hydrogens (tertiary/aromatic N) is 1. The molecule has 2 atom stereocenters. The van der Waals surface area contributed by atoms with Gasteiger partial charge in [-0.15, -0.1) is 0 Å². The smallest absolute Gasteiger partial charge is 0.303 e. The van der Waals surface area contributed by atoms with Crippen LogP contribution in [0.1, 0.15) is 40.1 Å². The summed E-state index contributed by atoms with van der Waals surface area (Å²) < 4.78 is 33.2. The second-order valence-corrected chi connectivity index (χ2v) is 9.35. The summed E-state index contributed by atoms with van der Waals surface area (Å²) in [6, 6.07) is 20.2. The molecule has 8 heteroatoms. The maximum atomic E-state index is 13.7. The summed E-state index contributed by atoms with van der Waals surface area (Å²) in [5.41, 5.74) is -1.28. The highest BCUT2D eigenvalue weighted by Gasteiger charge is 2.60. The van der Waals surface area contributed by atoms with E-state index in [0.29, 0.717) is 9.87 Å². The Morgan fingerprint density at radius 1 is 0.969 bits per heavy atom. The molecule has 1 aliphatic heterocycles. The highest BCUT2D eigenvalue weighted by Crippen LogP contribution is 2.49. The highest BCUT2D eigenvalue weighted by atomic mass is 32.2. The monoisotopic (exact) mass is 451 g/mol. The van der Waals surface area contributed by atoms with Crippen molar-refractivity contribution < 1.29 is 27.9 Å². The number of fused-ring (bicyclic) bond motifs is 1. The Balaban J connectivity index is 1.99. The molecule has 0 fully saturated rings. The lowest BCUT2D eigenvalue weighted by Crippen LogP contribution is -2.52. The van der Waals surface area contributed by atoms with E-state index < -0.39 is 33.7 Å². The van der Waals surface area contributed by atoms with E-state index in [0.717, 1.165) is 12.5 Å². The van der Waals surface area contributed by atoms with E-state index in [1.807, 2.05) is 0 Å². The van der Waals surface area contributed by atoms with Crippen molar-refractivity contribution in [1.82, 2.24) is 4.31 Å². The third-order valence-corrected chi connectivity index (χ3v) is 7.15. The van der Waals surface area contributed by atoms with E-state index in [-0.39, 0.29) is 16.0 Å². The van der Waals surface area contributed by atoms with Crippen LogP contribution in [0.5, 0.6) is 0 Å². The van der Waals surface area contributed by atoms with Crippen LogP contribution >= 0.6 is 0 Å². The summed E-state index contributed by atoms with van der Waals surface area (Å²) in [5.74, 6) is -1.64. The molecule has 32 heavy (non-hydrogen) atoms. The number of rotatable bonds is 5. The minimum absolute atomic E-state index is 0.0127. The lowest BCUT2D eigenvalue weighted by molar-refractivity contribution is -0.181. The fraction of sp³-hybridized carbons (Fsp3) is 0.167. The number of esters is 1. The number of hydrogen-bond acceptors (Lipinski definition) is 6. The van der Waals surface area contributed by atoms with Crippen LogP contribution in [0.2, 0.25) is 0 Å². The molecule has 0 saturated carbocycles. The average molecular weight is 452 g/mol. The van der Waals surface area contributed by atoms with Gasteiger partial charge in [0.25, 0.3) is 15.9 Å². The van der Waals surface area contributed by atoms with E-state index in [4.69, 9.17) is 4.74 Å². The van der Waals surface area contributed by atoms with Gasteiger partial charge in [-0.2, -0.15) is 4.31 Å². The number of aryl methyl sites for hydroxylation is 1. The van der Waals surface area contributed by atoms with Gasteiger partial charge in [-0.3, -0.25) is 9.59 Å². The van der Waals surface area contributed by atoms with Crippen molar-refractivity contribution in [3.63, 3.8) is 0 Å². The first kappa shape index (κ1) is 21.7. The van der Waals surface area contributed by atoms with Crippen molar-refractivity contribution in [1.29, 1.82) is 0 Å². The number of amides is 1. The number of carbonyl (C=O) groups is 2. The van der Waals surface area contributed by atoms with Gasteiger partial charge < -0.3 is 9.84 Å². The standard InChI is InChI=1S/C24H21NO6S/c1-16-12-14-19(15-13-16)32(29,30)25-23(27)20-10-6-7-11-21(20)24(25,28)22(31-17(2)26)18-8-4-3-5-9-18/h3-15,22,28H,1-2H3. The molecule has 3 aromatic rings. The summed E-state index contributed by atoms with van der Waals surface area (Å²) in [4.78, 5) is 25.2. The fourth-order valence-electron chi connectivity index (χ4n) is 3.90. The Labute approximate surface area is 185 Å². The zero-order valence-electron chi connectivity index (χ0n) is 17.4. The molecule has 1 N–H and O–H groups in total. The van der Waals surface area contributed by atoms with Crippen LogP contribution in [0.3, 0.4) is 0 Å². The largest absolute Gasteiger partial charge is 0.452 e. The van der Waals surface area contributed by atoms with Crippen LogP contribution < -0.4 is 0 Å². The SMILES string of the molecule is CC(=O)OC(c1ccccc1)C1(O)c2ccccc2C(=O)N1S(=O)(=O)c1ccc(C)cc1. The molecular formula is C24H21NO6S. The van der Waals surface area contributed by atoms with Crippen LogP contribution in [0.15, 0.2) is 83.8 Å². The molecule has 1 amide bonds. The molecule has 0 aliphatic carbocycles. The molecule has 4 rings (SSSR count). The highest BCUT2D eigenvalue weighted by molar-refractivity contribution is 7.89. The van der Waals surface area contributed by atoms with Gasteiger partial charge in [-0.05, 0) is 30.7 Å². The quantitative estimate of drug-likeness (QED) is 0.598. The summed E-state index contributed by atoms with van der Waals surface area (Å²) in [6.45, 7) is 2.95. The molecule has 3 aromatic carbocycles. The van der Waals surface area contributed by atoms with E-state index >= 15 is 0 Å². The first-order valence-corrected chi connectivity index (χ1v) is 11.3.